The van der Waals surface area contributed by atoms with Crippen molar-refractivity contribution >= 4 is 5.91 Å². The summed E-state index contributed by atoms with van der Waals surface area (Å²) in [7, 11) is 0. The Balaban J connectivity index is 2.50. The van der Waals surface area contributed by atoms with Crippen molar-refractivity contribution in [2.45, 2.75) is 44.7 Å². The fourth-order valence-electron chi connectivity index (χ4n) is 1.87. The van der Waals surface area contributed by atoms with Gasteiger partial charge in [0, 0.05) is 12.6 Å². The standard InChI is InChI=1S/C10H21N3O/c1-2-9(10(12)14)13(7-3-6-11)8-4-5-8/h8-9H,2-7,11H2,1H3,(H2,12,14). The first-order valence-electron chi connectivity index (χ1n) is 5.45. The Hall–Kier alpha value is -0.610. The highest BCUT2D eigenvalue weighted by atomic mass is 16.1. The molecule has 0 spiro atoms. The Bertz CT molecular complexity index is 192. The SMILES string of the molecule is CCC(C(N)=O)N(CCCN)C1CC1. The molecule has 0 aromatic heterocycles. The lowest BCUT2D eigenvalue weighted by Gasteiger charge is -2.28. The second-order valence-electron chi connectivity index (χ2n) is 3.94. The molecule has 1 rings (SSSR count). The van der Waals surface area contributed by atoms with E-state index in [-0.39, 0.29) is 11.9 Å². The van der Waals surface area contributed by atoms with Crippen LogP contribution in [0.2, 0.25) is 0 Å². The number of amides is 1. The predicted octanol–water partition coefficient (Wildman–Crippen LogP) is 0.0635. The molecule has 14 heavy (non-hydrogen) atoms. The number of carbonyl (C=O) groups excluding carboxylic acids is 1. The number of rotatable bonds is 7. The molecule has 1 amide bonds. The molecular weight excluding hydrogens is 178 g/mol. The van der Waals surface area contributed by atoms with E-state index in [1.54, 1.807) is 0 Å². The van der Waals surface area contributed by atoms with Crippen molar-refractivity contribution in [2.24, 2.45) is 11.5 Å². The summed E-state index contributed by atoms with van der Waals surface area (Å²) in [4.78, 5) is 13.4. The molecule has 4 N–H and O–H groups in total. The fourth-order valence-corrected chi connectivity index (χ4v) is 1.87. The summed E-state index contributed by atoms with van der Waals surface area (Å²) in [6.07, 6.45) is 4.15. The second kappa shape index (κ2) is 5.32. The van der Waals surface area contributed by atoms with Crippen molar-refractivity contribution in [3.63, 3.8) is 0 Å². The predicted molar refractivity (Wildman–Crippen MR) is 56.7 cm³/mol. The van der Waals surface area contributed by atoms with Crippen LogP contribution in [0.25, 0.3) is 0 Å². The first-order chi connectivity index (χ1) is 6.70. The summed E-state index contributed by atoms with van der Waals surface area (Å²) in [5, 5.41) is 0. The molecule has 1 aliphatic carbocycles. The number of nitrogens with two attached hydrogens (primary N) is 2. The van der Waals surface area contributed by atoms with Crippen LogP contribution in [0.1, 0.15) is 32.6 Å². The third kappa shape index (κ3) is 2.96. The van der Waals surface area contributed by atoms with Crippen LogP contribution < -0.4 is 11.5 Å². The molecule has 0 bridgehead atoms. The van der Waals surface area contributed by atoms with Gasteiger partial charge in [0.25, 0.3) is 0 Å². The fraction of sp³-hybridized carbons (Fsp3) is 0.900. The van der Waals surface area contributed by atoms with Crippen molar-refractivity contribution in [2.75, 3.05) is 13.1 Å². The minimum Gasteiger partial charge on any atom is -0.368 e. The van der Waals surface area contributed by atoms with E-state index in [2.05, 4.69) is 4.90 Å². The van der Waals surface area contributed by atoms with E-state index in [0.29, 0.717) is 12.6 Å². The molecule has 0 aliphatic heterocycles. The lowest BCUT2D eigenvalue weighted by molar-refractivity contribution is -0.123. The lowest BCUT2D eigenvalue weighted by atomic mass is 10.1. The first-order valence-corrected chi connectivity index (χ1v) is 5.45. The van der Waals surface area contributed by atoms with Crippen molar-refractivity contribution in [3.8, 4) is 0 Å². The average Bonchev–Trinajstić information content (AvgIpc) is 2.94. The molecule has 0 aromatic rings. The molecular formula is C10H21N3O. The molecule has 4 nitrogen and oxygen atoms in total. The molecule has 0 saturated heterocycles. The summed E-state index contributed by atoms with van der Waals surface area (Å²) >= 11 is 0. The molecule has 1 fully saturated rings. The quantitative estimate of drug-likeness (QED) is 0.609. The molecule has 1 aliphatic rings. The van der Waals surface area contributed by atoms with Gasteiger partial charge in [0.2, 0.25) is 5.91 Å². The van der Waals surface area contributed by atoms with Crippen LogP contribution in [0.5, 0.6) is 0 Å². The van der Waals surface area contributed by atoms with E-state index >= 15 is 0 Å². The van der Waals surface area contributed by atoms with Gasteiger partial charge in [0.05, 0.1) is 6.04 Å². The summed E-state index contributed by atoms with van der Waals surface area (Å²) in [6, 6.07) is 0.494. The van der Waals surface area contributed by atoms with Gasteiger partial charge in [-0.3, -0.25) is 9.69 Å². The van der Waals surface area contributed by atoms with Crippen LogP contribution >= 0.6 is 0 Å². The summed E-state index contributed by atoms with van der Waals surface area (Å²) in [5.41, 5.74) is 10.8. The maximum absolute atomic E-state index is 11.2. The molecule has 82 valence electrons. The van der Waals surface area contributed by atoms with Crippen LogP contribution in [0.3, 0.4) is 0 Å². The van der Waals surface area contributed by atoms with Crippen molar-refractivity contribution in [3.05, 3.63) is 0 Å². The highest BCUT2D eigenvalue weighted by Crippen LogP contribution is 2.29. The molecule has 0 aromatic carbocycles. The van der Waals surface area contributed by atoms with E-state index in [0.717, 1.165) is 19.4 Å². The number of hydrogen-bond acceptors (Lipinski definition) is 3. The Morgan fingerprint density at radius 2 is 2.21 bits per heavy atom. The second-order valence-corrected chi connectivity index (χ2v) is 3.94. The van der Waals surface area contributed by atoms with Gasteiger partial charge in [0.15, 0.2) is 0 Å². The zero-order valence-corrected chi connectivity index (χ0v) is 8.91. The van der Waals surface area contributed by atoms with Crippen molar-refractivity contribution in [1.82, 2.24) is 4.90 Å². The third-order valence-corrected chi connectivity index (χ3v) is 2.75. The van der Waals surface area contributed by atoms with E-state index in [9.17, 15) is 4.79 Å². The van der Waals surface area contributed by atoms with Crippen LogP contribution in [-0.2, 0) is 4.79 Å². The Morgan fingerprint density at radius 1 is 1.57 bits per heavy atom. The highest BCUT2D eigenvalue weighted by molar-refractivity contribution is 5.79. The summed E-state index contributed by atoms with van der Waals surface area (Å²) in [5.74, 6) is -0.198. The van der Waals surface area contributed by atoms with E-state index in [1.807, 2.05) is 6.92 Å². The monoisotopic (exact) mass is 199 g/mol. The number of nitrogens with zero attached hydrogens (tertiary/aromatic N) is 1. The molecule has 0 heterocycles. The topological polar surface area (TPSA) is 72.4 Å². The van der Waals surface area contributed by atoms with E-state index in [1.165, 1.54) is 12.8 Å². The van der Waals surface area contributed by atoms with Crippen molar-refractivity contribution < 1.29 is 4.79 Å². The first kappa shape index (κ1) is 11.5. The van der Waals surface area contributed by atoms with Gasteiger partial charge in [-0.05, 0) is 32.2 Å². The molecule has 1 saturated carbocycles. The van der Waals surface area contributed by atoms with Gasteiger partial charge < -0.3 is 11.5 Å². The van der Waals surface area contributed by atoms with Gasteiger partial charge >= 0.3 is 0 Å². The normalized spacial score (nSPS) is 18.5. The van der Waals surface area contributed by atoms with Gasteiger partial charge in [-0.1, -0.05) is 6.92 Å². The minimum absolute atomic E-state index is 0.0888. The number of primary amides is 1. The molecule has 1 unspecified atom stereocenters. The van der Waals surface area contributed by atoms with Gasteiger partial charge in [-0.25, -0.2) is 0 Å². The largest absolute Gasteiger partial charge is 0.368 e. The van der Waals surface area contributed by atoms with Crippen LogP contribution in [0.4, 0.5) is 0 Å². The zero-order chi connectivity index (χ0) is 10.6. The average molecular weight is 199 g/mol. The molecule has 0 radical (unpaired) electrons. The Labute approximate surface area is 85.6 Å². The van der Waals surface area contributed by atoms with E-state index in [4.69, 9.17) is 11.5 Å². The van der Waals surface area contributed by atoms with Crippen LogP contribution in [0, 0.1) is 0 Å². The number of hydrogen-bond donors (Lipinski definition) is 2. The molecule has 4 heteroatoms. The lowest BCUT2D eigenvalue weighted by Crippen LogP contribution is -2.46. The van der Waals surface area contributed by atoms with Gasteiger partial charge in [0.1, 0.15) is 0 Å². The van der Waals surface area contributed by atoms with Gasteiger partial charge in [-0.2, -0.15) is 0 Å². The van der Waals surface area contributed by atoms with Gasteiger partial charge in [-0.15, -0.1) is 0 Å². The maximum atomic E-state index is 11.2. The number of carbonyl (C=O) groups is 1. The maximum Gasteiger partial charge on any atom is 0.234 e. The smallest absolute Gasteiger partial charge is 0.234 e. The Morgan fingerprint density at radius 3 is 2.57 bits per heavy atom. The highest BCUT2D eigenvalue weighted by Gasteiger charge is 2.34. The minimum atomic E-state index is -0.198. The third-order valence-electron chi connectivity index (χ3n) is 2.75. The summed E-state index contributed by atoms with van der Waals surface area (Å²) in [6.45, 7) is 3.59. The van der Waals surface area contributed by atoms with Crippen LogP contribution in [-0.4, -0.2) is 36.0 Å². The van der Waals surface area contributed by atoms with E-state index < -0.39 is 0 Å². The Kier molecular flexibility index (Phi) is 4.35. The molecule has 1 atom stereocenters. The van der Waals surface area contributed by atoms with Crippen LogP contribution in [0.15, 0.2) is 0 Å². The van der Waals surface area contributed by atoms with Crippen molar-refractivity contribution in [1.29, 1.82) is 0 Å². The summed E-state index contributed by atoms with van der Waals surface area (Å²) < 4.78 is 0. The zero-order valence-electron chi connectivity index (χ0n) is 8.91.